The second kappa shape index (κ2) is 12.6. The summed E-state index contributed by atoms with van der Waals surface area (Å²) in [6.07, 6.45) is 3.02. The lowest BCUT2D eigenvalue weighted by molar-refractivity contribution is -0.148. The number of ketones is 1. The first-order chi connectivity index (χ1) is 14.1. The molecule has 2 N–H and O–H groups in total. The quantitative estimate of drug-likeness (QED) is 0.322. The molecule has 166 valence electrons. The Morgan fingerprint density at radius 2 is 1.63 bits per heavy atom. The molecule has 0 unspecified atom stereocenters. The third kappa shape index (κ3) is 11.2. The zero-order chi connectivity index (χ0) is 22.6. The van der Waals surface area contributed by atoms with Gasteiger partial charge in [0.25, 0.3) is 5.91 Å². The van der Waals surface area contributed by atoms with Crippen molar-refractivity contribution in [3.05, 3.63) is 29.8 Å². The summed E-state index contributed by atoms with van der Waals surface area (Å²) in [6.45, 7) is 7.47. The molecule has 1 aromatic carbocycles. The fraction of sp³-hybridized carbons (Fsp3) is 0.545. The molecule has 1 rings (SSSR count). The molecule has 8 heteroatoms. The van der Waals surface area contributed by atoms with Crippen molar-refractivity contribution in [1.82, 2.24) is 10.6 Å². The van der Waals surface area contributed by atoms with E-state index in [1.807, 2.05) is 0 Å². The Bertz CT molecular complexity index is 722. The lowest BCUT2D eigenvalue weighted by atomic mass is 10.1. The molecule has 0 saturated heterocycles. The molecule has 0 saturated carbocycles. The van der Waals surface area contributed by atoms with E-state index in [0.717, 1.165) is 19.3 Å². The number of ether oxygens (including phenoxy) is 2. The third-order valence-electron chi connectivity index (χ3n) is 3.85. The minimum atomic E-state index is -0.744. The Hall–Kier alpha value is -2.90. The van der Waals surface area contributed by atoms with Crippen molar-refractivity contribution < 1.29 is 28.7 Å². The van der Waals surface area contributed by atoms with Crippen molar-refractivity contribution in [3.63, 3.8) is 0 Å². The lowest BCUT2D eigenvalue weighted by Gasteiger charge is -2.20. The summed E-state index contributed by atoms with van der Waals surface area (Å²) in [5.41, 5.74) is -0.0267. The predicted molar refractivity (Wildman–Crippen MR) is 112 cm³/mol. The van der Waals surface area contributed by atoms with Crippen LogP contribution in [0.4, 0.5) is 4.79 Å². The normalized spacial score (nSPS) is 10.8. The summed E-state index contributed by atoms with van der Waals surface area (Å²) in [6, 6.07) is 6.10. The molecule has 0 aliphatic rings. The molecule has 3 amide bonds. The molecule has 0 fully saturated rings. The van der Waals surface area contributed by atoms with Crippen molar-refractivity contribution in [2.45, 2.75) is 65.3 Å². The van der Waals surface area contributed by atoms with Gasteiger partial charge in [-0.1, -0.05) is 19.8 Å². The van der Waals surface area contributed by atoms with Crippen molar-refractivity contribution in [1.29, 1.82) is 0 Å². The highest BCUT2D eigenvalue weighted by molar-refractivity contribution is 5.98. The summed E-state index contributed by atoms with van der Waals surface area (Å²) in [7, 11) is 0. The second-order valence-corrected chi connectivity index (χ2v) is 7.92. The highest BCUT2D eigenvalue weighted by Gasteiger charge is 2.17. The zero-order valence-electron chi connectivity index (χ0n) is 18.2. The fourth-order valence-electron chi connectivity index (χ4n) is 2.39. The average Bonchev–Trinajstić information content (AvgIpc) is 2.66. The summed E-state index contributed by atoms with van der Waals surface area (Å²) in [5, 5.41) is 4.62. The van der Waals surface area contributed by atoms with Crippen LogP contribution >= 0.6 is 0 Å². The number of carbonyl (C=O) groups is 4. The molecule has 0 heterocycles. The van der Waals surface area contributed by atoms with E-state index in [9.17, 15) is 19.2 Å². The molecule has 8 nitrogen and oxygen atoms in total. The van der Waals surface area contributed by atoms with Crippen LogP contribution in [0.2, 0.25) is 0 Å². The first-order valence-electron chi connectivity index (χ1n) is 10.1. The first kappa shape index (κ1) is 25.1. The van der Waals surface area contributed by atoms with Crippen molar-refractivity contribution in [2.75, 3.05) is 13.2 Å². The maximum Gasteiger partial charge on any atom is 0.321 e. The summed E-state index contributed by atoms with van der Waals surface area (Å²) < 4.78 is 10.4. The minimum absolute atomic E-state index is 0.0400. The van der Waals surface area contributed by atoms with Crippen molar-refractivity contribution in [3.8, 4) is 5.75 Å². The number of carbonyl (C=O) groups excluding carboxylic acids is 4. The molecule has 0 aromatic heterocycles. The van der Waals surface area contributed by atoms with Gasteiger partial charge in [0.15, 0.2) is 12.4 Å². The standard InChI is InChI=1S/C22H32N2O6/c1-5-6-7-14-29-17-10-8-16(9-11-17)18(25)12-13-20(27)30-15-19(26)23-21(28)24-22(2,3)4/h8-11H,5-7,12-15H2,1-4H3,(H2,23,24,26,28). The van der Waals surface area contributed by atoms with E-state index in [1.54, 1.807) is 45.0 Å². The number of nitrogens with one attached hydrogen (secondary N) is 2. The smallest absolute Gasteiger partial charge is 0.321 e. The zero-order valence-corrected chi connectivity index (χ0v) is 18.2. The maximum atomic E-state index is 12.2. The van der Waals surface area contributed by atoms with Gasteiger partial charge in [-0.2, -0.15) is 0 Å². The Balaban J connectivity index is 2.31. The van der Waals surface area contributed by atoms with Crippen LogP contribution < -0.4 is 15.4 Å². The van der Waals surface area contributed by atoms with Crippen LogP contribution in [0.15, 0.2) is 24.3 Å². The number of benzene rings is 1. The first-order valence-corrected chi connectivity index (χ1v) is 10.1. The lowest BCUT2D eigenvalue weighted by Crippen LogP contribution is -2.49. The molecular formula is C22H32N2O6. The second-order valence-electron chi connectivity index (χ2n) is 7.92. The highest BCUT2D eigenvalue weighted by Crippen LogP contribution is 2.15. The van der Waals surface area contributed by atoms with E-state index >= 15 is 0 Å². The van der Waals surface area contributed by atoms with E-state index < -0.39 is 30.1 Å². The van der Waals surface area contributed by atoms with Crippen LogP contribution in [-0.2, 0) is 14.3 Å². The molecule has 0 radical (unpaired) electrons. The summed E-state index contributed by atoms with van der Waals surface area (Å²) in [5.74, 6) is -0.946. The number of urea groups is 1. The topological polar surface area (TPSA) is 111 Å². The monoisotopic (exact) mass is 420 g/mol. The Labute approximate surface area is 177 Å². The van der Waals surface area contributed by atoms with Gasteiger partial charge in [0, 0.05) is 17.5 Å². The van der Waals surface area contributed by atoms with Gasteiger partial charge in [-0.15, -0.1) is 0 Å². The number of rotatable bonds is 11. The van der Waals surface area contributed by atoms with E-state index in [2.05, 4.69) is 17.6 Å². The van der Waals surface area contributed by atoms with Crippen LogP contribution in [0.5, 0.6) is 5.75 Å². The van der Waals surface area contributed by atoms with Crippen molar-refractivity contribution in [2.24, 2.45) is 0 Å². The fourth-order valence-corrected chi connectivity index (χ4v) is 2.39. The number of unbranched alkanes of at least 4 members (excludes halogenated alkanes) is 2. The minimum Gasteiger partial charge on any atom is -0.494 e. The van der Waals surface area contributed by atoms with E-state index in [4.69, 9.17) is 9.47 Å². The Morgan fingerprint density at radius 1 is 0.967 bits per heavy atom. The number of hydrogen-bond donors (Lipinski definition) is 2. The molecule has 1 aromatic rings. The van der Waals surface area contributed by atoms with Crippen LogP contribution in [0.3, 0.4) is 0 Å². The van der Waals surface area contributed by atoms with E-state index in [0.29, 0.717) is 17.9 Å². The molecular weight excluding hydrogens is 388 g/mol. The maximum absolute atomic E-state index is 12.2. The molecule has 0 atom stereocenters. The molecule has 0 spiro atoms. The van der Waals surface area contributed by atoms with Crippen LogP contribution in [0.25, 0.3) is 0 Å². The predicted octanol–water partition coefficient (Wildman–Crippen LogP) is 3.39. The van der Waals surface area contributed by atoms with Crippen LogP contribution in [0.1, 0.15) is 70.2 Å². The largest absolute Gasteiger partial charge is 0.494 e. The Morgan fingerprint density at radius 3 is 2.23 bits per heavy atom. The highest BCUT2D eigenvalue weighted by atomic mass is 16.5. The van der Waals surface area contributed by atoms with Gasteiger partial charge in [-0.05, 0) is 51.5 Å². The number of hydrogen-bond acceptors (Lipinski definition) is 6. The summed E-state index contributed by atoms with van der Waals surface area (Å²) in [4.78, 5) is 47.1. The SMILES string of the molecule is CCCCCOc1ccc(C(=O)CCC(=O)OCC(=O)NC(=O)NC(C)(C)C)cc1. The van der Waals surface area contributed by atoms with Gasteiger partial charge < -0.3 is 14.8 Å². The number of Topliss-reactive ketones (excluding diaryl/α,β-unsaturated/α-hetero) is 1. The number of esters is 1. The van der Waals surface area contributed by atoms with Crippen LogP contribution in [0, 0.1) is 0 Å². The molecule has 0 bridgehead atoms. The van der Waals surface area contributed by atoms with Gasteiger partial charge in [-0.25, -0.2) is 4.79 Å². The van der Waals surface area contributed by atoms with Gasteiger partial charge in [0.2, 0.25) is 0 Å². The van der Waals surface area contributed by atoms with Gasteiger partial charge in [0.1, 0.15) is 5.75 Å². The number of imide groups is 1. The average molecular weight is 421 g/mol. The third-order valence-corrected chi connectivity index (χ3v) is 3.85. The Kier molecular flexibility index (Phi) is 10.6. The van der Waals surface area contributed by atoms with Gasteiger partial charge in [0.05, 0.1) is 13.0 Å². The van der Waals surface area contributed by atoms with Gasteiger partial charge in [-0.3, -0.25) is 19.7 Å². The molecule has 0 aliphatic heterocycles. The molecule has 30 heavy (non-hydrogen) atoms. The van der Waals surface area contributed by atoms with E-state index in [-0.39, 0.29) is 18.6 Å². The number of amides is 3. The van der Waals surface area contributed by atoms with Crippen LogP contribution in [-0.4, -0.2) is 42.4 Å². The van der Waals surface area contributed by atoms with Crippen molar-refractivity contribution >= 4 is 23.7 Å². The summed E-state index contributed by atoms with van der Waals surface area (Å²) >= 11 is 0. The van der Waals surface area contributed by atoms with E-state index in [1.165, 1.54) is 0 Å². The molecule has 0 aliphatic carbocycles. The van der Waals surface area contributed by atoms with Gasteiger partial charge >= 0.3 is 12.0 Å².